The molecule has 0 saturated carbocycles. The van der Waals surface area contributed by atoms with Gasteiger partial charge in [0.25, 0.3) is 5.91 Å². The van der Waals surface area contributed by atoms with E-state index in [2.05, 4.69) is 11.0 Å². The minimum absolute atomic E-state index is 0.0360. The Kier molecular flexibility index (Phi) is 7.15. The number of furan rings is 1. The maximum Gasteiger partial charge on any atom is 0.254 e. The molecule has 0 aliphatic carbocycles. The summed E-state index contributed by atoms with van der Waals surface area (Å²) in [7, 11) is -3.33. The van der Waals surface area contributed by atoms with Crippen LogP contribution in [-0.4, -0.2) is 49.5 Å². The summed E-state index contributed by atoms with van der Waals surface area (Å²) in [5.74, 6) is 0.563. The lowest BCUT2D eigenvalue weighted by Gasteiger charge is -2.38. The van der Waals surface area contributed by atoms with Crippen LogP contribution in [0, 0.1) is 11.3 Å². The molecular formula is C26H27N3O4S. The van der Waals surface area contributed by atoms with E-state index in [4.69, 9.17) is 9.68 Å². The van der Waals surface area contributed by atoms with Crippen molar-refractivity contribution in [1.82, 2.24) is 9.80 Å². The zero-order valence-electron chi connectivity index (χ0n) is 19.1. The van der Waals surface area contributed by atoms with Crippen molar-refractivity contribution in [3.8, 4) is 6.07 Å². The van der Waals surface area contributed by atoms with Gasteiger partial charge in [0, 0.05) is 37.5 Å². The highest BCUT2D eigenvalue weighted by atomic mass is 32.2. The van der Waals surface area contributed by atoms with Crippen LogP contribution in [0.3, 0.4) is 0 Å². The normalized spacial score (nSPS) is 15.1. The number of hydrogen-bond donors (Lipinski definition) is 0. The first-order chi connectivity index (χ1) is 16.3. The van der Waals surface area contributed by atoms with Gasteiger partial charge in [-0.25, -0.2) is 8.42 Å². The lowest BCUT2D eigenvalue weighted by atomic mass is 10.0. The molecule has 1 aliphatic heterocycles. The molecule has 0 radical (unpaired) electrons. The molecule has 8 heteroatoms. The van der Waals surface area contributed by atoms with Gasteiger partial charge in [0.1, 0.15) is 5.76 Å². The van der Waals surface area contributed by atoms with Gasteiger partial charge in [-0.2, -0.15) is 5.26 Å². The maximum atomic E-state index is 13.5. The van der Waals surface area contributed by atoms with E-state index < -0.39 is 9.84 Å². The van der Waals surface area contributed by atoms with Gasteiger partial charge in [-0.3, -0.25) is 9.69 Å². The number of benzene rings is 2. The molecular weight excluding hydrogens is 450 g/mol. The monoisotopic (exact) mass is 477 g/mol. The van der Waals surface area contributed by atoms with E-state index in [0.29, 0.717) is 23.4 Å². The smallest absolute Gasteiger partial charge is 0.254 e. The van der Waals surface area contributed by atoms with Crippen LogP contribution in [0.1, 0.15) is 40.1 Å². The lowest BCUT2D eigenvalue weighted by molar-refractivity contribution is 0.0523. The van der Waals surface area contributed by atoms with Crippen LogP contribution in [0.4, 0.5) is 0 Å². The zero-order chi connectivity index (χ0) is 24.1. The second kappa shape index (κ2) is 10.2. The zero-order valence-corrected chi connectivity index (χ0v) is 19.9. The third-order valence-corrected chi connectivity index (χ3v) is 7.29. The molecule has 2 aromatic carbocycles. The van der Waals surface area contributed by atoms with Crippen molar-refractivity contribution in [3.05, 3.63) is 89.4 Å². The van der Waals surface area contributed by atoms with Crippen LogP contribution >= 0.6 is 0 Å². The lowest BCUT2D eigenvalue weighted by Crippen LogP contribution is -2.46. The third-order valence-electron chi connectivity index (χ3n) is 6.16. The largest absolute Gasteiger partial charge is 0.467 e. The van der Waals surface area contributed by atoms with E-state index in [0.717, 1.165) is 44.3 Å². The number of rotatable bonds is 7. The molecule has 1 aromatic heterocycles. The van der Waals surface area contributed by atoms with Gasteiger partial charge >= 0.3 is 0 Å². The number of likely N-dealkylation sites (tertiary alicyclic amines) is 1. The van der Waals surface area contributed by atoms with Crippen molar-refractivity contribution in [2.75, 3.05) is 19.3 Å². The molecule has 0 spiro atoms. The summed E-state index contributed by atoms with van der Waals surface area (Å²) in [4.78, 5) is 17.8. The minimum atomic E-state index is -3.33. The molecule has 34 heavy (non-hydrogen) atoms. The average Bonchev–Trinajstić information content (AvgIpc) is 3.36. The number of piperidine rings is 1. The number of nitrogens with zero attached hydrogens (tertiary/aromatic N) is 3. The van der Waals surface area contributed by atoms with Gasteiger partial charge in [0.15, 0.2) is 9.84 Å². The Hall–Kier alpha value is -3.41. The molecule has 0 unspecified atom stereocenters. The topological polar surface area (TPSA) is 94.6 Å². The molecule has 4 rings (SSSR count). The number of carbonyl (C=O) groups is 1. The number of hydrogen-bond acceptors (Lipinski definition) is 6. The SMILES string of the molecule is CS(=O)(=O)c1ccc(C(=O)N(Cc2ccco2)C2CCN(Cc3cccc(C#N)c3)CC2)cc1. The summed E-state index contributed by atoms with van der Waals surface area (Å²) < 4.78 is 29.1. The molecule has 1 aliphatic rings. The summed E-state index contributed by atoms with van der Waals surface area (Å²) in [6.07, 6.45) is 4.37. The quantitative estimate of drug-likeness (QED) is 0.513. The second-order valence-corrected chi connectivity index (χ2v) is 10.6. The van der Waals surface area contributed by atoms with Crippen LogP contribution in [0.2, 0.25) is 0 Å². The van der Waals surface area contributed by atoms with Crippen molar-refractivity contribution in [3.63, 3.8) is 0 Å². The first-order valence-electron chi connectivity index (χ1n) is 11.2. The van der Waals surface area contributed by atoms with E-state index in [1.807, 2.05) is 29.2 Å². The summed E-state index contributed by atoms with van der Waals surface area (Å²) in [5.41, 5.74) is 2.21. The van der Waals surface area contributed by atoms with Gasteiger partial charge in [-0.1, -0.05) is 12.1 Å². The van der Waals surface area contributed by atoms with Crippen molar-refractivity contribution >= 4 is 15.7 Å². The average molecular weight is 478 g/mol. The van der Waals surface area contributed by atoms with Crippen molar-refractivity contribution < 1.29 is 17.6 Å². The highest BCUT2D eigenvalue weighted by Gasteiger charge is 2.29. The van der Waals surface area contributed by atoms with Crippen molar-refractivity contribution in [2.24, 2.45) is 0 Å². The first-order valence-corrected chi connectivity index (χ1v) is 13.1. The van der Waals surface area contributed by atoms with Crippen LogP contribution in [0.5, 0.6) is 0 Å². The first kappa shape index (κ1) is 23.7. The van der Waals surface area contributed by atoms with E-state index >= 15 is 0 Å². The second-order valence-electron chi connectivity index (χ2n) is 8.63. The molecule has 1 saturated heterocycles. The predicted octanol–water partition coefficient (Wildman–Crippen LogP) is 3.86. The van der Waals surface area contributed by atoms with Gasteiger partial charge in [-0.05, 0) is 66.9 Å². The summed E-state index contributed by atoms with van der Waals surface area (Å²) in [6, 6.07) is 19.6. The summed E-state index contributed by atoms with van der Waals surface area (Å²) in [6.45, 7) is 2.78. The Bertz CT molecular complexity index is 1270. The molecule has 0 atom stereocenters. The van der Waals surface area contributed by atoms with Crippen molar-refractivity contribution in [1.29, 1.82) is 5.26 Å². The fourth-order valence-corrected chi connectivity index (χ4v) is 4.96. The third kappa shape index (κ3) is 5.74. The number of amides is 1. The van der Waals surface area contributed by atoms with Crippen LogP contribution in [-0.2, 0) is 22.9 Å². The number of carbonyl (C=O) groups excluding carboxylic acids is 1. The Balaban J connectivity index is 1.47. The predicted molar refractivity (Wildman–Crippen MR) is 128 cm³/mol. The summed E-state index contributed by atoms with van der Waals surface area (Å²) in [5, 5.41) is 9.13. The Morgan fingerprint density at radius 3 is 2.47 bits per heavy atom. The Morgan fingerprint density at radius 1 is 1.12 bits per heavy atom. The maximum absolute atomic E-state index is 13.5. The van der Waals surface area contributed by atoms with Gasteiger partial charge in [0.05, 0.1) is 29.3 Å². The van der Waals surface area contributed by atoms with E-state index in [9.17, 15) is 13.2 Å². The van der Waals surface area contributed by atoms with Gasteiger partial charge in [0.2, 0.25) is 0 Å². The fraction of sp³-hybridized carbons (Fsp3) is 0.308. The van der Waals surface area contributed by atoms with E-state index in [1.54, 1.807) is 30.5 Å². The highest BCUT2D eigenvalue weighted by molar-refractivity contribution is 7.90. The molecule has 3 aromatic rings. The standard InChI is InChI=1S/C26H27N3O4S/c1-34(31,32)25-9-7-22(8-10-25)26(30)29(19-24-6-3-15-33-24)23-11-13-28(14-12-23)18-21-5-2-4-20(16-21)17-27/h2-10,15-16,23H,11-14,18-19H2,1H3. The van der Waals surface area contributed by atoms with Crippen LogP contribution in [0.15, 0.2) is 76.2 Å². The summed E-state index contributed by atoms with van der Waals surface area (Å²) >= 11 is 0. The fourth-order valence-electron chi connectivity index (χ4n) is 4.33. The van der Waals surface area contributed by atoms with Gasteiger partial charge in [-0.15, -0.1) is 0 Å². The van der Waals surface area contributed by atoms with Crippen LogP contribution in [0.25, 0.3) is 0 Å². The Morgan fingerprint density at radius 2 is 1.85 bits per heavy atom. The molecule has 1 fully saturated rings. The van der Waals surface area contributed by atoms with Crippen LogP contribution < -0.4 is 0 Å². The molecule has 176 valence electrons. The Labute approximate surface area is 200 Å². The number of nitriles is 1. The molecule has 1 amide bonds. The molecule has 0 N–H and O–H groups in total. The molecule has 7 nitrogen and oxygen atoms in total. The highest BCUT2D eigenvalue weighted by Crippen LogP contribution is 2.24. The van der Waals surface area contributed by atoms with E-state index in [-0.39, 0.29) is 16.8 Å². The molecule has 2 heterocycles. The van der Waals surface area contributed by atoms with E-state index in [1.165, 1.54) is 12.1 Å². The number of sulfone groups is 1. The minimum Gasteiger partial charge on any atom is -0.467 e. The van der Waals surface area contributed by atoms with Gasteiger partial charge < -0.3 is 9.32 Å². The van der Waals surface area contributed by atoms with Crippen molar-refractivity contribution in [2.45, 2.75) is 36.9 Å². The molecule has 0 bridgehead atoms.